The first-order valence-corrected chi connectivity index (χ1v) is 4.98. The third kappa shape index (κ3) is 3.35. The summed E-state index contributed by atoms with van der Waals surface area (Å²) < 4.78 is 0. The Morgan fingerprint density at radius 1 is 1.64 bits per heavy atom. The fraction of sp³-hybridized carbons (Fsp3) is 0.800. The summed E-state index contributed by atoms with van der Waals surface area (Å²) in [6.45, 7) is 5.93. The maximum Gasteiger partial charge on any atom is 0.132 e. The second-order valence-corrected chi connectivity index (χ2v) is 3.76. The Bertz CT molecular complexity index is 240. The van der Waals surface area contributed by atoms with Crippen LogP contribution in [0, 0.1) is 11.3 Å². The van der Waals surface area contributed by atoms with Crippen molar-refractivity contribution in [2.24, 2.45) is 5.16 Å². The van der Waals surface area contributed by atoms with Crippen molar-refractivity contribution in [1.29, 1.82) is 5.26 Å². The quantitative estimate of drug-likeness (QED) is 0.387. The molecule has 1 heterocycles. The molecule has 4 nitrogen and oxygen atoms in total. The van der Waals surface area contributed by atoms with Crippen molar-refractivity contribution in [2.75, 3.05) is 19.7 Å². The Morgan fingerprint density at radius 2 is 2.43 bits per heavy atom. The molecule has 1 aliphatic heterocycles. The molecular formula is C10H17N3O. The minimum absolute atomic E-state index is 0.373. The highest BCUT2D eigenvalue weighted by Gasteiger charge is 2.24. The molecule has 1 rings (SSSR count). The van der Waals surface area contributed by atoms with Crippen LogP contribution in [0.2, 0.25) is 0 Å². The maximum absolute atomic E-state index is 8.60. The van der Waals surface area contributed by atoms with Crippen LogP contribution >= 0.6 is 0 Å². The summed E-state index contributed by atoms with van der Waals surface area (Å²) in [6.07, 6.45) is 2.27. The molecule has 1 fully saturated rings. The first-order valence-electron chi connectivity index (χ1n) is 4.98. The van der Waals surface area contributed by atoms with Crippen LogP contribution in [0.15, 0.2) is 5.16 Å². The van der Waals surface area contributed by atoms with Gasteiger partial charge < -0.3 is 4.84 Å². The largest absolute Gasteiger partial charge is 0.394 e. The molecule has 1 aliphatic rings. The van der Waals surface area contributed by atoms with Crippen LogP contribution in [0.1, 0.15) is 26.7 Å². The summed E-state index contributed by atoms with van der Waals surface area (Å²) in [4.78, 5) is 7.35. The van der Waals surface area contributed by atoms with Crippen LogP contribution in [-0.2, 0) is 4.84 Å². The fourth-order valence-corrected chi connectivity index (χ4v) is 1.64. The van der Waals surface area contributed by atoms with E-state index in [1.165, 1.54) is 0 Å². The third-order valence-electron chi connectivity index (χ3n) is 2.29. The Morgan fingerprint density at radius 3 is 3.07 bits per heavy atom. The Labute approximate surface area is 85.1 Å². The summed E-state index contributed by atoms with van der Waals surface area (Å²) in [7, 11) is 0. The molecular weight excluding hydrogens is 178 g/mol. The summed E-state index contributed by atoms with van der Waals surface area (Å²) in [5.41, 5.74) is 0.926. The van der Waals surface area contributed by atoms with Gasteiger partial charge in [0.25, 0.3) is 0 Å². The van der Waals surface area contributed by atoms with E-state index in [4.69, 9.17) is 10.1 Å². The Balaban J connectivity index is 2.29. The van der Waals surface area contributed by atoms with Crippen molar-refractivity contribution in [3.05, 3.63) is 0 Å². The first kappa shape index (κ1) is 11.0. The average molecular weight is 195 g/mol. The highest BCUT2D eigenvalue weighted by molar-refractivity contribution is 5.78. The first-order chi connectivity index (χ1) is 6.74. The molecule has 0 bridgehead atoms. The fourth-order valence-electron chi connectivity index (χ4n) is 1.64. The number of rotatable bonds is 4. The van der Waals surface area contributed by atoms with Gasteiger partial charge in [-0.1, -0.05) is 5.16 Å². The van der Waals surface area contributed by atoms with Gasteiger partial charge in [-0.05, 0) is 33.2 Å². The zero-order chi connectivity index (χ0) is 10.4. The van der Waals surface area contributed by atoms with Crippen molar-refractivity contribution in [2.45, 2.75) is 32.7 Å². The number of nitrogens with zero attached hydrogens (tertiary/aromatic N) is 3. The minimum Gasteiger partial charge on any atom is -0.394 e. The third-order valence-corrected chi connectivity index (χ3v) is 2.29. The van der Waals surface area contributed by atoms with E-state index in [0.29, 0.717) is 19.2 Å². The number of hydrogen-bond donors (Lipinski definition) is 0. The van der Waals surface area contributed by atoms with Crippen LogP contribution in [0.25, 0.3) is 0 Å². The summed E-state index contributed by atoms with van der Waals surface area (Å²) in [5, 5.41) is 12.5. The lowest BCUT2D eigenvalue weighted by atomic mass is 10.2. The molecule has 0 aliphatic carbocycles. The lowest BCUT2D eigenvalue weighted by Crippen LogP contribution is -2.32. The van der Waals surface area contributed by atoms with Crippen LogP contribution in [0.3, 0.4) is 0 Å². The van der Waals surface area contributed by atoms with Crippen molar-refractivity contribution < 1.29 is 4.84 Å². The van der Waals surface area contributed by atoms with E-state index in [2.05, 4.69) is 16.1 Å². The molecule has 78 valence electrons. The van der Waals surface area contributed by atoms with E-state index in [1.54, 1.807) is 0 Å². The van der Waals surface area contributed by atoms with Crippen LogP contribution in [-0.4, -0.2) is 36.3 Å². The number of likely N-dealkylation sites (tertiary alicyclic amines) is 1. The molecule has 0 amide bonds. The predicted octanol–water partition coefficient (Wildman–Crippen LogP) is 1.39. The van der Waals surface area contributed by atoms with Gasteiger partial charge in [0.2, 0.25) is 0 Å². The van der Waals surface area contributed by atoms with Crippen LogP contribution in [0.4, 0.5) is 0 Å². The lowest BCUT2D eigenvalue weighted by molar-refractivity contribution is 0.0871. The van der Waals surface area contributed by atoms with E-state index in [-0.39, 0.29) is 0 Å². The molecule has 0 N–H and O–H groups in total. The predicted molar refractivity (Wildman–Crippen MR) is 54.9 cm³/mol. The number of hydrogen-bond acceptors (Lipinski definition) is 4. The van der Waals surface area contributed by atoms with Crippen molar-refractivity contribution in [3.63, 3.8) is 0 Å². The molecule has 14 heavy (non-hydrogen) atoms. The molecule has 0 aromatic carbocycles. The van der Waals surface area contributed by atoms with Gasteiger partial charge in [0.05, 0.1) is 18.3 Å². The zero-order valence-corrected chi connectivity index (χ0v) is 8.86. The van der Waals surface area contributed by atoms with E-state index < -0.39 is 0 Å². The summed E-state index contributed by atoms with van der Waals surface area (Å²) in [6, 6.07) is 2.55. The Hall–Kier alpha value is -1.08. The van der Waals surface area contributed by atoms with Crippen molar-refractivity contribution in [1.82, 2.24) is 4.90 Å². The lowest BCUT2D eigenvalue weighted by Gasteiger charge is -2.19. The summed E-state index contributed by atoms with van der Waals surface area (Å²) >= 11 is 0. The second-order valence-electron chi connectivity index (χ2n) is 3.76. The normalized spacial score (nSPS) is 21.6. The van der Waals surface area contributed by atoms with Gasteiger partial charge in [-0.25, -0.2) is 0 Å². The van der Waals surface area contributed by atoms with Crippen molar-refractivity contribution in [3.8, 4) is 6.07 Å². The molecule has 0 aromatic heterocycles. The molecule has 0 radical (unpaired) electrons. The van der Waals surface area contributed by atoms with Gasteiger partial charge in [-0.3, -0.25) is 4.90 Å². The molecule has 1 saturated heterocycles. The van der Waals surface area contributed by atoms with Gasteiger partial charge in [0.15, 0.2) is 0 Å². The van der Waals surface area contributed by atoms with Gasteiger partial charge >= 0.3 is 0 Å². The average Bonchev–Trinajstić information content (AvgIpc) is 2.53. The monoisotopic (exact) mass is 195 g/mol. The van der Waals surface area contributed by atoms with Gasteiger partial charge in [-0.15, -0.1) is 0 Å². The minimum atomic E-state index is 0.373. The Kier molecular flexibility index (Phi) is 4.41. The molecule has 0 aromatic rings. The standard InChI is InChI=1S/C10H17N3O/c1-9(2)12-14-8-10-4-3-6-13(10)7-5-11/h10H,3-4,6-8H2,1-2H3/t10-/m0/s1. The second kappa shape index (κ2) is 5.61. The zero-order valence-electron chi connectivity index (χ0n) is 8.86. The van der Waals surface area contributed by atoms with E-state index in [1.807, 2.05) is 13.8 Å². The topological polar surface area (TPSA) is 48.6 Å². The van der Waals surface area contributed by atoms with Gasteiger partial charge in [0.1, 0.15) is 6.61 Å². The van der Waals surface area contributed by atoms with E-state index in [0.717, 1.165) is 25.1 Å². The van der Waals surface area contributed by atoms with Crippen molar-refractivity contribution >= 4 is 5.71 Å². The molecule has 4 heteroatoms. The number of oxime groups is 1. The molecule has 1 atom stereocenters. The molecule has 0 spiro atoms. The van der Waals surface area contributed by atoms with Crippen LogP contribution < -0.4 is 0 Å². The SMILES string of the molecule is CC(C)=NOC[C@@H]1CCCN1CC#N. The van der Waals surface area contributed by atoms with Crippen LogP contribution in [0.5, 0.6) is 0 Å². The van der Waals surface area contributed by atoms with Gasteiger partial charge in [-0.2, -0.15) is 5.26 Å². The van der Waals surface area contributed by atoms with Gasteiger partial charge in [0, 0.05) is 6.04 Å². The smallest absolute Gasteiger partial charge is 0.132 e. The number of nitriles is 1. The maximum atomic E-state index is 8.60. The van der Waals surface area contributed by atoms with E-state index in [9.17, 15) is 0 Å². The van der Waals surface area contributed by atoms with E-state index >= 15 is 0 Å². The molecule has 0 unspecified atom stereocenters. The molecule has 0 saturated carbocycles. The highest BCUT2D eigenvalue weighted by atomic mass is 16.6. The summed E-state index contributed by atoms with van der Waals surface area (Å²) in [5.74, 6) is 0. The highest BCUT2D eigenvalue weighted by Crippen LogP contribution is 2.16.